The molecule has 2 rings (SSSR count). The van der Waals surface area contributed by atoms with E-state index < -0.39 is 17.7 Å². The summed E-state index contributed by atoms with van der Waals surface area (Å²) >= 11 is 1.22. The van der Waals surface area contributed by atoms with Crippen LogP contribution in [0.25, 0.3) is 0 Å². The highest BCUT2D eigenvalue weighted by Gasteiger charge is 2.30. The van der Waals surface area contributed by atoms with E-state index in [0.717, 1.165) is 12.1 Å². The summed E-state index contributed by atoms with van der Waals surface area (Å²) in [5, 5.41) is 0.247. The topological polar surface area (TPSA) is 77.0 Å². The van der Waals surface area contributed by atoms with Gasteiger partial charge >= 0.3 is 17.7 Å². The van der Waals surface area contributed by atoms with Crippen LogP contribution in [0.5, 0.6) is 5.75 Å². The molecule has 0 aliphatic rings. The van der Waals surface area contributed by atoms with Crippen molar-refractivity contribution in [1.29, 1.82) is 0 Å². The normalized spacial score (nSPS) is 11.5. The van der Waals surface area contributed by atoms with Gasteiger partial charge in [0.2, 0.25) is 0 Å². The molecule has 0 radical (unpaired) electrons. The first kappa shape index (κ1) is 17.1. The van der Waals surface area contributed by atoms with Crippen LogP contribution in [0.4, 0.5) is 13.2 Å². The minimum Gasteiger partial charge on any atom is -0.406 e. The number of nitrogens with zero attached hydrogens (tertiary/aromatic N) is 2. The van der Waals surface area contributed by atoms with Gasteiger partial charge in [0.05, 0.1) is 6.54 Å². The predicted molar refractivity (Wildman–Crippen MR) is 77.7 cm³/mol. The van der Waals surface area contributed by atoms with Gasteiger partial charge in [-0.2, -0.15) is 4.98 Å². The van der Waals surface area contributed by atoms with Crippen LogP contribution in [0, 0.1) is 0 Å². The molecule has 0 unspecified atom stereocenters. The molecule has 0 saturated carbocycles. The zero-order valence-electron chi connectivity index (χ0n) is 11.9. The van der Waals surface area contributed by atoms with Crippen molar-refractivity contribution in [3.05, 3.63) is 50.8 Å². The van der Waals surface area contributed by atoms with Crippen molar-refractivity contribution in [1.82, 2.24) is 14.5 Å². The standard InChI is InChI=1S/C13H12F3N3O3S/c1-2-23-12-18-10(20)17-11(21)19(12)7-8-3-5-9(6-4-8)22-13(14,15)16/h3-6H,2,7H2,1H3,(H,17,20,21). The van der Waals surface area contributed by atoms with Crippen LogP contribution < -0.4 is 16.1 Å². The lowest BCUT2D eigenvalue weighted by atomic mass is 10.2. The average molecular weight is 347 g/mol. The van der Waals surface area contributed by atoms with Crippen LogP contribution >= 0.6 is 11.8 Å². The number of halogens is 3. The van der Waals surface area contributed by atoms with Gasteiger partial charge in [-0.25, -0.2) is 9.59 Å². The number of alkyl halides is 3. The quantitative estimate of drug-likeness (QED) is 0.837. The van der Waals surface area contributed by atoms with E-state index in [9.17, 15) is 22.8 Å². The summed E-state index contributed by atoms with van der Waals surface area (Å²) < 4.78 is 41.3. The van der Waals surface area contributed by atoms with Gasteiger partial charge < -0.3 is 4.74 Å². The molecule has 2 aromatic rings. The monoisotopic (exact) mass is 347 g/mol. The fourth-order valence-electron chi connectivity index (χ4n) is 1.78. The molecule has 1 aromatic heterocycles. The average Bonchev–Trinajstić information content (AvgIpc) is 2.43. The van der Waals surface area contributed by atoms with Crippen molar-refractivity contribution in [2.24, 2.45) is 0 Å². The Morgan fingerprint density at radius 3 is 2.48 bits per heavy atom. The molecule has 0 bridgehead atoms. The molecule has 0 saturated heterocycles. The van der Waals surface area contributed by atoms with E-state index in [-0.39, 0.29) is 17.5 Å². The van der Waals surface area contributed by atoms with E-state index in [4.69, 9.17) is 0 Å². The number of aromatic nitrogens is 3. The molecular weight excluding hydrogens is 335 g/mol. The summed E-state index contributed by atoms with van der Waals surface area (Å²) in [5.74, 6) is 0.255. The highest BCUT2D eigenvalue weighted by Crippen LogP contribution is 2.23. The summed E-state index contributed by atoms with van der Waals surface area (Å²) in [7, 11) is 0. The lowest BCUT2D eigenvalue weighted by Gasteiger charge is -2.11. The molecule has 0 fully saturated rings. The third kappa shape index (κ3) is 4.88. The fraction of sp³-hybridized carbons (Fsp3) is 0.308. The van der Waals surface area contributed by atoms with Crippen LogP contribution in [-0.4, -0.2) is 26.7 Å². The van der Waals surface area contributed by atoms with Gasteiger partial charge in [0.25, 0.3) is 0 Å². The molecule has 23 heavy (non-hydrogen) atoms. The molecule has 6 nitrogen and oxygen atoms in total. The second kappa shape index (κ2) is 6.90. The second-order valence-electron chi connectivity index (χ2n) is 4.34. The Balaban J connectivity index is 2.26. The van der Waals surface area contributed by atoms with E-state index in [1.807, 2.05) is 6.92 Å². The molecule has 0 aliphatic carbocycles. The van der Waals surface area contributed by atoms with E-state index >= 15 is 0 Å². The molecule has 1 N–H and O–H groups in total. The summed E-state index contributed by atoms with van der Waals surface area (Å²) in [5.41, 5.74) is -0.805. The van der Waals surface area contributed by atoms with E-state index in [0.29, 0.717) is 11.3 Å². The Labute approximate surface area is 132 Å². The number of hydrogen-bond donors (Lipinski definition) is 1. The van der Waals surface area contributed by atoms with Gasteiger partial charge in [-0.05, 0) is 23.4 Å². The first-order valence-electron chi connectivity index (χ1n) is 6.47. The third-order valence-electron chi connectivity index (χ3n) is 2.66. The SMILES string of the molecule is CCSc1nc(=O)[nH]c(=O)n1Cc1ccc(OC(F)(F)F)cc1. The summed E-state index contributed by atoms with van der Waals surface area (Å²) in [4.78, 5) is 28.9. The maximum Gasteiger partial charge on any atom is 0.573 e. The molecule has 0 atom stereocenters. The Kier molecular flexibility index (Phi) is 5.14. The molecule has 1 aromatic carbocycles. The van der Waals surface area contributed by atoms with Gasteiger partial charge in [0.1, 0.15) is 5.75 Å². The van der Waals surface area contributed by atoms with Gasteiger partial charge in [-0.1, -0.05) is 30.8 Å². The number of nitrogens with one attached hydrogen (secondary N) is 1. The van der Waals surface area contributed by atoms with Crippen molar-refractivity contribution in [3.8, 4) is 5.75 Å². The number of hydrogen-bond acceptors (Lipinski definition) is 5. The molecule has 124 valence electrons. The molecule has 0 spiro atoms. The van der Waals surface area contributed by atoms with Crippen LogP contribution in [0.1, 0.15) is 12.5 Å². The third-order valence-corrected chi connectivity index (χ3v) is 3.52. The van der Waals surface area contributed by atoms with Crippen molar-refractivity contribution < 1.29 is 17.9 Å². The molecule has 10 heteroatoms. The largest absolute Gasteiger partial charge is 0.573 e. The number of thioether (sulfide) groups is 1. The summed E-state index contributed by atoms with van der Waals surface area (Å²) in [6.07, 6.45) is -4.76. The van der Waals surface area contributed by atoms with Crippen molar-refractivity contribution in [2.75, 3.05) is 5.75 Å². The minimum atomic E-state index is -4.76. The van der Waals surface area contributed by atoms with Crippen LogP contribution in [0.15, 0.2) is 39.0 Å². The smallest absolute Gasteiger partial charge is 0.406 e. The Morgan fingerprint density at radius 2 is 1.91 bits per heavy atom. The van der Waals surface area contributed by atoms with Gasteiger partial charge in [0.15, 0.2) is 5.16 Å². The lowest BCUT2D eigenvalue weighted by Crippen LogP contribution is -2.33. The number of ether oxygens (including phenoxy) is 1. The van der Waals surface area contributed by atoms with Crippen molar-refractivity contribution >= 4 is 11.8 Å². The summed E-state index contributed by atoms with van der Waals surface area (Å²) in [6.45, 7) is 1.91. The van der Waals surface area contributed by atoms with Gasteiger partial charge in [-0.3, -0.25) is 9.55 Å². The van der Waals surface area contributed by atoms with E-state index in [2.05, 4.69) is 14.7 Å². The van der Waals surface area contributed by atoms with Crippen LogP contribution in [-0.2, 0) is 6.54 Å². The van der Waals surface area contributed by atoms with E-state index in [1.165, 1.54) is 28.5 Å². The van der Waals surface area contributed by atoms with E-state index in [1.54, 1.807) is 0 Å². The Bertz CT molecular complexity index is 784. The van der Waals surface area contributed by atoms with Gasteiger partial charge in [0, 0.05) is 0 Å². The predicted octanol–water partition coefficient (Wildman–Crippen LogP) is 1.99. The zero-order chi connectivity index (χ0) is 17.0. The fourth-order valence-corrected chi connectivity index (χ4v) is 2.49. The Hall–Kier alpha value is -2.23. The summed E-state index contributed by atoms with van der Waals surface area (Å²) in [6, 6.07) is 5.11. The van der Waals surface area contributed by atoms with Gasteiger partial charge in [-0.15, -0.1) is 13.2 Å². The maximum atomic E-state index is 12.1. The lowest BCUT2D eigenvalue weighted by molar-refractivity contribution is -0.274. The number of H-pyrrole nitrogens is 1. The second-order valence-corrected chi connectivity index (χ2v) is 5.57. The maximum absolute atomic E-state index is 12.1. The molecule has 0 aliphatic heterocycles. The van der Waals surface area contributed by atoms with Crippen LogP contribution in [0.2, 0.25) is 0 Å². The number of benzene rings is 1. The first-order valence-corrected chi connectivity index (χ1v) is 7.45. The number of aromatic amines is 1. The number of rotatable bonds is 5. The zero-order valence-corrected chi connectivity index (χ0v) is 12.7. The highest BCUT2D eigenvalue weighted by molar-refractivity contribution is 7.99. The molecule has 1 heterocycles. The van der Waals surface area contributed by atoms with Crippen LogP contribution in [0.3, 0.4) is 0 Å². The molecular formula is C13H12F3N3O3S. The minimum absolute atomic E-state index is 0.0667. The van der Waals surface area contributed by atoms with Crippen molar-refractivity contribution in [2.45, 2.75) is 25.0 Å². The first-order chi connectivity index (χ1) is 10.8. The van der Waals surface area contributed by atoms with Crippen molar-refractivity contribution in [3.63, 3.8) is 0 Å². The Morgan fingerprint density at radius 1 is 1.26 bits per heavy atom. The highest BCUT2D eigenvalue weighted by atomic mass is 32.2. The molecule has 0 amide bonds.